The van der Waals surface area contributed by atoms with E-state index in [0.29, 0.717) is 25.1 Å². The number of hydrogen-bond acceptors (Lipinski definition) is 3. The van der Waals surface area contributed by atoms with Crippen LogP contribution in [0.2, 0.25) is 0 Å². The van der Waals surface area contributed by atoms with Gasteiger partial charge in [0.1, 0.15) is 11.6 Å². The summed E-state index contributed by atoms with van der Waals surface area (Å²) in [5.41, 5.74) is 0.515. The van der Waals surface area contributed by atoms with Crippen LogP contribution in [0.15, 0.2) is 48.5 Å². The molecular formula is C20H19F4N3O3. The highest BCUT2D eigenvalue weighted by molar-refractivity contribution is 5.94. The van der Waals surface area contributed by atoms with Crippen molar-refractivity contribution in [1.29, 1.82) is 0 Å². The molecule has 2 aromatic carbocycles. The third kappa shape index (κ3) is 5.85. The van der Waals surface area contributed by atoms with E-state index in [9.17, 15) is 27.2 Å². The molecule has 0 bridgehead atoms. The first-order valence-electron chi connectivity index (χ1n) is 9.18. The molecule has 1 aliphatic rings. The maximum Gasteiger partial charge on any atom is 0.573 e. The van der Waals surface area contributed by atoms with E-state index >= 15 is 0 Å². The molecule has 1 fully saturated rings. The normalized spacial score (nSPS) is 14.8. The highest BCUT2D eigenvalue weighted by atomic mass is 19.4. The maximum absolute atomic E-state index is 13.0. The van der Waals surface area contributed by atoms with Crippen LogP contribution in [0.1, 0.15) is 16.8 Å². The van der Waals surface area contributed by atoms with E-state index in [1.165, 1.54) is 41.3 Å². The molecule has 30 heavy (non-hydrogen) atoms. The molecule has 0 aromatic heterocycles. The number of ether oxygens (including phenoxy) is 1. The fourth-order valence-corrected chi connectivity index (χ4v) is 3.07. The number of carbonyl (C=O) groups is 2. The third-order valence-corrected chi connectivity index (χ3v) is 4.48. The van der Waals surface area contributed by atoms with Crippen molar-refractivity contribution in [3.05, 3.63) is 59.9 Å². The lowest BCUT2D eigenvalue weighted by molar-refractivity contribution is -0.274. The molecule has 0 unspecified atom stereocenters. The van der Waals surface area contributed by atoms with Crippen LogP contribution >= 0.6 is 0 Å². The van der Waals surface area contributed by atoms with Crippen molar-refractivity contribution in [1.82, 2.24) is 9.80 Å². The van der Waals surface area contributed by atoms with Crippen molar-refractivity contribution in [3.8, 4) is 5.75 Å². The summed E-state index contributed by atoms with van der Waals surface area (Å²) >= 11 is 0. The van der Waals surface area contributed by atoms with Crippen molar-refractivity contribution < 1.29 is 31.9 Å². The number of hydrogen-bond donors (Lipinski definition) is 1. The lowest BCUT2D eigenvalue weighted by Gasteiger charge is -2.22. The van der Waals surface area contributed by atoms with Gasteiger partial charge in [0.2, 0.25) is 0 Å². The van der Waals surface area contributed by atoms with Crippen LogP contribution in [0.25, 0.3) is 0 Å². The van der Waals surface area contributed by atoms with Gasteiger partial charge in [-0.25, -0.2) is 9.18 Å². The summed E-state index contributed by atoms with van der Waals surface area (Å²) in [5.74, 6) is -1.13. The number of nitrogens with one attached hydrogen (secondary N) is 1. The Bertz CT molecular complexity index is 903. The Balaban J connectivity index is 1.58. The zero-order chi connectivity index (χ0) is 21.7. The van der Waals surface area contributed by atoms with Crippen molar-refractivity contribution in [2.75, 3.05) is 31.5 Å². The van der Waals surface area contributed by atoms with E-state index in [2.05, 4.69) is 10.1 Å². The van der Waals surface area contributed by atoms with Crippen molar-refractivity contribution in [2.45, 2.75) is 12.8 Å². The molecular weight excluding hydrogens is 406 g/mol. The van der Waals surface area contributed by atoms with Gasteiger partial charge in [-0.2, -0.15) is 0 Å². The van der Waals surface area contributed by atoms with E-state index < -0.39 is 24.0 Å². The van der Waals surface area contributed by atoms with Crippen molar-refractivity contribution in [2.24, 2.45) is 0 Å². The molecule has 0 atom stereocenters. The first-order valence-corrected chi connectivity index (χ1v) is 9.18. The summed E-state index contributed by atoms with van der Waals surface area (Å²) in [6.07, 6.45) is -4.30. The van der Waals surface area contributed by atoms with E-state index in [-0.39, 0.29) is 24.7 Å². The standard InChI is InChI=1S/C20H19F4N3O3/c21-15-7-5-14(6-8-15)18(28)26-9-2-10-27(12-11-26)19(29)25-16-3-1-4-17(13-16)30-20(22,23)24/h1,3-8,13H,2,9-12H2,(H,25,29). The SMILES string of the molecule is O=C(Nc1cccc(OC(F)(F)F)c1)N1CCCN(C(=O)c2ccc(F)cc2)CC1. The minimum absolute atomic E-state index is 0.158. The molecule has 3 rings (SSSR count). The summed E-state index contributed by atoms with van der Waals surface area (Å²) in [4.78, 5) is 28.1. The molecule has 2 aromatic rings. The van der Waals surface area contributed by atoms with Gasteiger partial charge in [-0.15, -0.1) is 13.2 Å². The lowest BCUT2D eigenvalue weighted by Crippen LogP contribution is -2.39. The van der Waals surface area contributed by atoms with Crippen LogP contribution < -0.4 is 10.1 Å². The van der Waals surface area contributed by atoms with Gasteiger partial charge in [0, 0.05) is 43.5 Å². The number of halogens is 4. The molecule has 0 saturated carbocycles. The second-order valence-electron chi connectivity index (χ2n) is 6.65. The van der Waals surface area contributed by atoms with Crippen LogP contribution in [-0.4, -0.2) is 54.3 Å². The number of rotatable bonds is 3. The number of urea groups is 1. The minimum Gasteiger partial charge on any atom is -0.406 e. The Morgan fingerprint density at radius 2 is 1.60 bits per heavy atom. The first-order chi connectivity index (χ1) is 14.2. The average Bonchev–Trinajstić information content (AvgIpc) is 2.93. The topological polar surface area (TPSA) is 61.9 Å². The van der Waals surface area contributed by atoms with Gasteiger partial charge in [-0.1, -0.05) is 6.07 Å². The predicted octanol–water partition coefficient (Wildman–Crippen LogP) is 4.10. The second-order valence-corrected chi connectivity index (χ2v) is 6.65. The first kappa shape index (κ1) is 21.4. The largest absolute Gasteiger partial charge is 0.573 e. The number of benzene rings is 2. The number of carbonyl (C=O) groups excluding carboxylic acids is 2. The third-order valence-electron chi connectivity index (χ3n) is 4.48. The fraction of sp³-hybridized carbons (Fsp3) is 0.300. The number of alkyl halides is 3. The lowest BCUT2D eigenvalue weighted by atomic mass is 10.2. The zero-order valence-electron chi connectivity index (χ0n) is 15.8. The summed E-state index contributed by atoms with van der Waals surface area (Å²) in [6, 6.07) is 9.73. The van der Waals surface area contributed by atoms with Gasteiger partial charge >= 0.3 is 12.4 Å². The van der Waals surface area contributed by atoms with Gasteiger partial charge in [0.25, 0.3) is 5.91 Å². The Labute approximate surface area is 170 Å². The average molecular weight is 425 g/mol. The number of nitrogens with zero attached hydrogens (tertiary/aromatic N) is 2. The summed E-state index contributed by atoms with van der Waals surface area (Å²) in [7, 11) is 0. The smallest absolute Gasteiger partial charge is 0.406 e. The molecule has 3 amide bonds. The second kappa shape index (κ2) is 9.02. The van der Waals surface area contributed by atoms with Gasteiger partial charge in [-0.3, -0.25) is 4.79 Å². The monoisotopic (exact) mass is 425 g/mol. The summed E-state index contributed by atoms with van der Waals surface area (Å²) < 4.78 is 53.9. The fourth-order valence-electron chi connectivity index (χ4n) is 3.07. The van der Waals surface area contributed by atoms with Gasteiger partial charge in [0.15, 0.2) is 0 Å². The van der Waals surface area contributed by atoms with Gasteiger partial charge in [-0.05, 0) is 42.8 Å². The van der Waals surface area contributed by atoms with Crippen LogP contribution in [0.4, 0.5) is 28.0 Å². The Kier molecular flexibility index (Phi) is 6.43. The highest BCUT2D eigenvalue weighted by Gasteiger charge is 2.31. The molecule has 0 aliphatic carbocycles. The molecule has 1 saturated heterocycles. The predicted molar refractivity (Wildman–Crippen MR) is 101 cm³/mol. The van der Waals surface area contributed by atoms with Gasteiger partial charge in [0.05, 0.1) is 0 Å². The van der Waals surface area contributed by atoms with Crippen molar-refractivity contribution in [3.63, 3.8) is 0 Å². The molecule has 0 spiro atoms. The molecule has 0 radical (unpaired) electrons. The summed E-state index contributed by atoms with van der Waals surface area (Å²) in [5, 5.41) is 2.54. The zero-order valence-corrected chi connectivity index (χ0v) is 15.8. The van der Waals surface area contributed by atoms with E-state index in [4.69, 9.17) is 0 Å². The highest BCUT2D eigenvalue weighted by Crippen LogP contribution is 2.25. The Hall–Kier alpha value is -3.30. The minimum atomic E-state index is -4.83. The van der Waals surface area contributed by atoms with E-state index in [0.717, 1.165) is 12.1 Å². The van der Waals surface area contributed by atoms with E-state index in [1.54, 1.807) is 4.90 Å². The van der Waals surface area contributed by atoms with Crippen LogP contribution in [0.5, 0.6) is 5.75 Å². The quantitative estimate of drug-likeness (QED) is 0.754. The van der Waals surface area contributed by atoms with Gasteiger partial charge < -0.3 is 19.9 Å². The molecule has 160 valence electrons. The maximum atomic E-state index is 13.0. The van der Waals surface area contributed by atoms with Crippen molar-refractivity contribution >= 4 is 17.6 Å². The number of anilines is 1. The molecule has 1 N–H and O–H groups in total. The van der Waals surface area contributed by atoms with Crippen LogP contribution in [0.3, 0.4) is 0 Å². The molecule has 6 nitrogen and oxygen atoms in total. The summed E-state index contributed by atoms with van der Waals surface area (Å²) in [6.45, 7) is 1.32. The number of amides is 3. The van der Waals surface area contributed by atoms with Crippen LogP contribution in [-0.2, 0) is 0 Å². The molecule has 10 heteroatoms. The Morgan fingerprint density at radius 3 is 2.30 bits per heavy atom. The molecule has 1 heterocycles. The van der Waals surface area contributed by atoms with Crippen LogP contribution in [0, 0.1) is 5.82 Å². The Morgan fingerprint density at radius 1 is 0.933 bits per heavy atom. The van der Waals surface area contributed by atoms with E-state index in [1.807, 2.05) is 0 Å². The molecule has 1 aliphatic heterocycles.